The fraction of sp³-hybridized carbons (Fsp3) is 0.643. The van der Waals surface area contributed by atoms with Crippen molar-refractivity contribution in [3.8, 4) is 0 Å². The molecule has 0 radical (unpaired) electrons. The van der Waals surface area contributed by atoms with Crippen molar-refractivity contribution in [2.75, 3.05) is 11.9 Å². The van der Waals surface area contributed by atoms with E-state index in [2.05, 4.69) is 29.6 Å². The van der Waals surface area contributed by atoms with Gasteiger partial charge < -0.3 is 5.32 Å². The number of hydrogen-bond donors (Lipinski definition) is 2. The Labute approximate surface area is 133 Å². The molecular formula is C14H18N6O2S. The summed E-state index contributed by atoms with van der Waals surface area (Å²) in [7, 11) is -3.10. The van der Waals surface area contributed by atoms with Crippen LogP contribution in [0.25, 0.3) is 5.65 Å². The summed E-state index contributed by atoms with van der Waals surface area (Å²) < 4.78 is 28.9. The van der Waals surface area contributed by atoms with Crippen molar-refractivity contribution >= 4 is 21.5 Å². The Balaban J connectivity index is 1.38. The van der Waals surface area contributed by atoms with Crippen LogP contribution in [0.4, 0.5) is 5.82 Å². The van der Waals surface area contributed by atoms with E-state index in [4.69, 9.17) is 0 Å². The molecule has 2 fully saturated rings. The van der Waals surface area contributed by atoms with Crippen LogP contribution in [0.2, 0.25) is 0 Å². The minimum Gasteiger partial charge on any atom is -0.368 e. The number of rotatable bonds is 4. The second-order valence-corrected chi connectivity index (χ2v) is 8.70. The first kappa shape index (κ1) is 13.7. The summed E-state index contributed by atoms with van der Waals surface area (Å²) in [6.45, 7) is 0.882. The fourth-order valence-electron chi connectivity index (χ4n) is 3.55. The molecule has 3 aliphatic rings. The number of nitrogens with zero attached hydrogens (tertiary/aromatic N) is 4. The second-order valence-electron chi connectivity index (χ2n) is 6.71. The summed E-state index contributed by atoms with van der Waals surface area (Å²) in [5, 5.41) is 11.7. The van der Waals surface area contributed by atoms with Gasteiger partial charge in [-0.1, -0.05) is 0 Å². The molecule has 0 spiro atoms. The highest BCUT2D eigenvalue weighted by atomic mass is 32.2. The molecule has 2 N–H and O–H groups in total. The molecule has 5 rings (SSSR count). The minimum atomic E-state index is -3.10. The summed E-state index contributed by atoms with van der Waals surface area (Å²) in [6.07, 6.45) is 5.82. The fourth-order valence-corrected chi connectivity index (χ4v) is 5.15. The largest absolute Gasteiger partial charge is 0.368 e. The van der Waals surface area contributed by atoms with Crippen LogP contribution in [0.1, 0.15) is 43.1 Å². The van der Waals surface area contributed by atoms with Crippen molar-refractivity contribution in [2.24, 2.45) is 0 Å². The van der Waals surface area contributed by atoms with E-state index in [1.807, 2.05) is 0 Å². The molecule has 2 aromatic heterocycles. The molecule has 2 aromatic rings. The van der Waals surface area contributed by atoms with Crippen molar-refractivity contribution in [1.29, 1.82) is 0 Å². The van der Waals surface area contributed by atoms with E-state index >= 15 is 0 Å². The van der Waals surface area contributed by atoms with Crippen molar-refractivity contribution in [3.05, 3.63) is 17.7 Å². The first-order chi connectivity index (χ1) is 11.1. The summed E-state index contributed by atoms with van der Waals surface area (Å²) in [5.74, 6) is 2.09. The molecule has 0 bridgehead atoms. The molecular weight excluding hydrogens is 316 g/mol. The van der Waals surface area contributed by atoms with Gasteiger partial charge in [0.2, 0.25) is 10.0 Å². The Hall–Kier alpha value is -1.74. The lowest BCUT2D eigenvalue weighted by molar-refractivity contribution is 0.312. The molecule has 2 saturated carbocycles. The van der Waals surface area contributed by atoms with Gasteiger partial charge in [-0.05, 0) is 25.7 Å². The topological polar surface area (TPSA) is 101 Å². The first-order valence-corrected chi connectivity index (χ1v) is 9.64. The van der Waals surface area contributed by atoms with Crippen molar-refractivity contribution < 1.29 is 8.42 Å². The third-order valence-electron chi connectivity index (χ3n) is 5.02. The molecule has 0 atom stereocenters. The zero-order valence-corrected chi connectivity index (χ0v) is 13.4. The van der Waals surface area contributed by atoms with E-state index in [0.717, 1.165) is 61.6 Å². The Bertz CT molecular complexity index is 882. The second kappa shape index (κ2) is 4.64. The number of hydrogen-bond acceptors (Lipinski definition) is 6. The quantitative estimate of drug-likeness (QED) is 0.840. The minimum absolute atomic E-state index is 0.0333. The van der Waals surface area contributed by atoms with Gasteiger partial charge >= 0.3 is 0 Å². The van der Waals surface area contributed by atoms with E-state index < -0.39 is 10.0 Å². The van der Waals surface area contributed by atoms with Crippen LogP contribution in [0.3, 0.4) is 0 Å². The Morgan fingerprint density at radius 2 is 2.09 bits per heavy atom. The van der Waals surface area contributed by atoms with Gasteiger partial charge in [-0.15, -0.1) is 10.2 Å². The molecule has 2 aliphatic carbocycles. The lowest BCUT2D eigenvalue weighted by Gasteiger charge is -2.34. The smallest absolute Gasteiger partial charge is 0.214 e. The van der Waals surface area contributed by atoms with Crippen molar-refractivity contribution in [1.82, 2.24) is 24.3 Å². The maximum Gasteiger partial charge on any atom is 0.214 e. The molecule has 0 aromatic carbocycles. The van der Waals surface area contributed by atoms with Gasteiger partial charge in [0.05, 0.1) is 17.1 Å². The molecule has 1 aliphatic heterocycles. The van der Waals surface area contributed by atoms with Gasteiger partial charge in [0.15, 0.2) is 5.65 Å². The highest BCUT2D eigenvalue weighted by Crippen LogP contribution is 2.38. The highest BCUT2D eigenvalue weighted by molar-refractivity contribution is 7.90. The number of aromatic nitrogens is 4. The SMILES string of the molecule is O=S(=O)(NC1CC(c2nnc3cnc4c(n23)CCN4)C1)C1CC1. The Morgan fingerprint density at radius 1 is 1.26 bits per heavy atom. The van der Waals surface area contributed by atoms with E-state index in [-0.39, 0.29) is 17.2 Å². The third kappa shape index (κ3) is 2.13. The lowest BCUT2D eigenvalue weighted by Crippen LogP contribution is -2.45. The molecule has 0 unspecified atom stereocenters. The number of anilines is 1. The van der Waals surface area contributed by atoms with Crippen LogP contribution in [0, 0.1) is 0 Å². The Kier molecular flexibility index (Phi) is 2.76. The van der Waals surface area contributed by atoms with Gasteiger partial charge in [-0.3, -0.25) is 4.40 Å². The normalized spacial score (nSPS) is 26.8. The van der Waals surface area contributed by atoms with Gasteiger partial charge in [0.25, 0.3) is 0 Å². The van der Waals surface area contributed by atoms with Gasteiger partial charge in [-0.25, -0.2) is 18.1 Å². The van der Waals surface area contributed by atoms with Crippen LogP contribution in [-0.2, 0) is 16.4 Å². The predicted octanol–water partition coefficient (Wildman–Crippen LogP) is 0.420. The lowest BCUT2D eigenvalue weighted by atomic mass is 9.80. The van der Waals surface area contributed by atoms with E-state index in [0.29, 0.717) is 0 Å². The van der Waals surface area contributed by atoms with Crippen LogP contribution >= 0.6 is 0 Å². The van der Waals surface area contributed by atoms with Crippen LogP contribution < -0.4 is 10.0 Å². The van der Waals surface area contributed by atoms with E-state index in [9.17, 15) is 8.42 Å². The molecule has 3 heterocycles. The molecule has 122 valence electrons. The molecule has 0 amide bonds. The number of sulfonamides is 1. The summed E-state index contributed by atoms with van der Waals surface area (Å²) in [6, 6.07) is 0.0333. The summed E-state index contributed by atoms with van der Waals surface area (Å²) in [5.41, 5.74) is 1.90. The monoisotopic (exact) mass is 334 g/mol. The standard InChI is InChI=1S/C14H18N6O2S/c21-23(22,10-1-2-10)19-9-5-8(6-9)14-18-17-12-7-16-13-11(20(12)14)3-4-15-13/h7-10,15,19H,1-6H2. The maximum absolute atomic E-state index is 12.0. The summed E-state index contributed by atoms with van der Waals surface area (Å²) in [4.78, 5) is 4.37. The van der Waals surface area contributed by atoms with Gasteiger partial charge in [0, 0.05) is 24.9 Å². The van der Waals surface area contributed by atoms with Gasteiger partial charge in [-0.2, -0.15) is 0 Å². The molecule has 23 heavy (non-hydrogen) atoms. The van der Waals surface area contributed by atoms with Crippen LogP contribution in [0.15, 0.2) is 6.20 Å². The highest BCUT2D eigenvalue weighted by Gasteiger charge is 2.41. The van der Waals surface area contributed by atoms with Gasteiger partial charge in [0.1, 0.15) is 11.6 Å². The zero-order chi connectivity index (χ0) is 15.6. The summed E-state index contributed by atoms with van der Waals surface area (Å²) >= 11 is 0. The number of fused-ring (bicyclic) bond motifs is 3. The molecule has 0 saturated heterocycles. The van der Waals surface area contributed by atoms with Crippen molar-refractivity contribution in [2.45, 2.75) is 49.3 Å². The van der Waals surface area contributed by atoms with E-state index in [1.165, 1.54) is 0 Å². The average molecular weight is 334 g/mol. The third-order valence-corrected chi connectivity index (χ3v) is 7.03. The average Bonchev–Trinajstić information content (AvgIpc) is 3.10. The maximum atomic E-state index is 12.0. The van der Waals surface area contributed by atoms with Crippen molar-refractivity contribution in [3.63, 3.8) is 0 Å². The number of nitrogens with one attached hydrogen (secondary N) is 2. The van der Waals surface area contributed by atoms with E-state index in [1.54, 1.807) is 6.20 Å². The molecule has 9 heteroatoms. The predicted molar refractivity (Wildman–Crippen MR) is 83.8 cm³/mol. The Morgan fingerprint density at radius 3 is 2.87 bits per heavy atom. The first-order valence-electron chi connectivity index (χ1n) is 8.10. The van der Waals surface area contributed by atoms with Crippen LogP contribution in [-0.4, -0.2) is 45.8 Å². The molecule has 8 nitrogen and oxygen atoms in total. The van der Waals surface area contributed by atoms with Crippen LogP contribution in [0.5, 0.6) is 0 Å². The zero-order valence-electron chi connectivity index (χ0n) is 12.6.